The number of ether oxygens (including phenoxy) is 4. The number of anilines is 2. The summed E-state index contributed by atoms with van der Waals surface area (Å²) >= 11 is 0. The minimum atomic E-state index is -0.216. The fourth-order valence-electron chi connectivity index (χ4n) is 5.09. The molecule has 1 aliphatic carbocycles. The van der Waals surface area contributed by atoms with Gasteiger partial charge in [0.15, 0.2) is 0 Å². The number of nitrogens with one attached hydrogen (secondary N) is 2. The highest BCUT2D eigenvalue weighted by molar-refractivity contribution is 5.97. The highest BCUT2D eigenvalue weighted by Gasteiger charge is 2.54. The number of nitriles is 1. The molecule has 2 saturated heterocycles. The second kappa shape index (κ2) is 10.8. The number of carbonyl (C=O) groups excluding carboxylic acids is 1. The third-order valence-corrected chi connectivity index (χ3v) is 7.33. The molecule has 0 spiro atoms. The van der Waals surface area contributed by atoms with Crippen molar-refractivity contribution in [2.75, 3.05) is 38.9 Å². The van der Waals surface area contributed by atoms with E-state index >= 15 is 0 Å². The fraction of sp³-hybridized carbons (Fsp3) is 0.393. The molecular weight excluding hydrogens is 500 g/mol. The fourth-order valence-corrected chi connectivity index (χ4v) is 5.09. The van der Waals surface area contributed by atoms with Crippen molar-refractivity contribution < 1.29 is 23.7 Å². The Balaban J connectivity index is 1.15. The maximum absolute atomic E-state index is 12.8. The minimum absolute atomic E-state index is 0.0384. The molecule has 2 N–H and O–H groups in total. The number of aromatic nitrogens is 3. The molecule has 1 amide bonds. The van der Waals surface area contributed by atoms with Gasteiger partial charge in [-0.25, -0.2) is 9.97 Å². The quantitative estimate of drug-likeness (QED) is 0.448. The Morgan fingerprint density at radius 1 is 1.05 bits per heavy atom. The molecule has 2 aliphatic heterocycles. The van der Waals surface area contributed by atoms with Gasteiger partial charge in [-0.05, 0) is 30.3 Å². The number of methoxy groups -OCH3 is 1. The predicted molar refractivity (Wildman–Crippen MR) is 140 cm³/mol. The number of rotatable bonds is 8. The maximum atomic E-state index is 12.8. The lowest BCUT2D eigenvalue weighted by Gasteiger charge is -2.23. The summed E-state index contributed by atoms with van der Waals surface area (Å²) in [4.78, 5) is 25.9. The average Bonchev–Trinajstić information content (AvgIpc) is 3.37. The van der Waals surface area contributed by atoms with Crippen molar-refractivity contribution in [3.8, 4) is 29.0 Å². The van der Waals surface area contributed by atoms with E-state index in [1.54, 1.807) is 30.3 Å². The van der Waals surface area contributed by atoms with E-state index in [0.717, 1.165) is 18.4 Å². The number of amides is 1. The molecule has 11 heteroatoms. The Morgan fingerprint density at radius 2 is 1.87 bits per heavy atom. The van der Waals surface area contributed by atoms with Crippen LogP contribution in [0, 0.1) is 23.2 Å². The molecule has 200 valence electrons. The molecule has 3 aromatic rings. The molecule has 39 heavy (non-hydrogen) atoms. The van der Waals surface area contributed by atoms with Gasteiger partial charge in [-0.2, -0.15) is 10.2 Å². The zero-order valence-electron chi connectivity index (χ0n) is 21.4. The largest absolute Gasteiger partial charge is 0.489 e. The third kappa shape index (κ3) is 5.34. The molecule has 11 nitrogen and oxygen atoms in total. The smallest absolute Gasteiger partial charge is 0.257 e. The van der Waals surface area contributed by atoms with E-state index in [1.807, 2.05) is 6.07 Å². The molecular formula is C28H28N6O5. The lowest BCUT2D eigenvalue weighted by atomic mass is 10.1. The Labute approximate surface area is 225 Å². The standard InChI is InChI=1S/C28H28N6O5/c1-36-28-19(27(35)34-26-20-13-38-14-21(20)26)3-5-24(33-28)32-25-11-22(30-15-31-25)16-2-4-23(17(10-16)12-29)39-18-6-8-37-9-7-18/h2-5,10-11,15,18,20-21,26H,6-9,13-14H2,1H3,(H,34,35)(H,30,31,32,33). The molecule has 0 radical (unpaired) electrons. The molecule has 2 atom stereocenters. The van der Waals surface area contributed by atoms with Crippen LogP contribution in [0.5, 0.6) is 11.6 Å². The van der Waals surface area contributed by atoms with Gasteiger partial charge in [0.25, 0.3) is 5.91 Å². The summed E-state index contributed by atoms with van der Waals surface area (Å²) in [6.45, 7) is 2.71. The van der Waals surface area contributed by atoms with E-state index < -0.39 is 0 Å². The monoisotopic (exact) mass is 528 g/mol. The summed E-state index contributed by atoms with van der Waals surface area (Å²) in [7, 11) is 1.48. The van der Waals surface area contributed by atoms with Gasteiger partial charge in [0.1, 0.15) is 41.4 Å². The van der Waals surface area contributed by atoms with Crippen LogP contribution in [-0.4, -0.2) is 66.5 Å². The van der Waals surface area contributed by atoms with Crippen LogP contribution in [0.15, 0.2) is 42.7 Å². The van der Waals surface area contributed by atoms with Gasteiger partial charge in [-0.15, -0.1) is 0 Å². The molecule has 1 saturated carbocycles. The van der Waals surface area contributed by atoms with E-state index in [-0.39, 0.29) is 23.9 Å². The molecule has 2 aromatic heterocycles. The molecule has 4 heterocycles. The van der Waals surface area contributed by atoms with Crippen LogP contribution in [0.3, 0.4) is 0 Å². The normalized spacial score (nSPS) is 21.9. The van der Waals surface area contributed by atoms with E-state index in [4.69, 9.17) is 18.9 Å². The van der Waals surface area contributed by atoms with Gasteiger partial charge < -0.3 is 29.6 Å². The number of hydrogen-bond acceptors (Lipinski definition) is 10. The van der Waals surface area contributed by atoms with Crippen molar-refractivity contribution in [1.29, 1.82) is 5.26 Å². The van der Waals surface area contributed by atoms with Gasteiger partial charge in [0.05, 0.1) is 44.8 Å². The SMILES string of the molecule is COc1nc(Nc2cc(-c3ccc(OC4CCOCC4)c(C#N)c3)ncn2)ccc1C(=O)NC1C2COCC21. The van der Waals surface area contributed by atoms with Gasteiger partial charge in [-0.3, -0.25) is 4.79 Å². The van der Waals surface area contributed by atoms with Crippen LogP contribution in [0.1, 0.15) is 28.8 Å². The van der Waals surface area contributed by atoms with Gasteiger partial charge in [0.2, 0.25) is 5.88 Å². The Hall–Kier alpha value is -4.27. The first-order valence-corrected chi connectivity index (χ1v) is 12.9. The lowest BCUT2D eigenvalue weighted by Crippen LogP contribution is -2.30. The summed E-state index contributed by atoms with van der Waals surface area (Å²) in [5.41, 5.74) is 2.19. The molecule has 3 fully saturated rings. The second-order valence-corrected chi connectivity index (χ2v) is 9.78. The van der Waals surface area contributed by atoms with Gasteiger partial charge in [0, 0.05) is 42.3 Å². The topological polar surface area (TPSA) is 141 Å². The zero-order chi connectivity index (χ0) is 26.8. The van der Waals surface area contributed by atoms with Crippen LogP contribution in [-0.2, 0) is 9.47 Å². The van der Waals surface area contributed by atoms with Crippen molar-refractivity contribution in [3.63, 3.8) is 0 Å². The number of benzene rings is 1. The summed E-state index contributed by atoms with van der Waals surface area (Å²) in [5, 5.41) is 15.9. The van der Waals surface area contributed by atoms with Gasteiger partial charge >= 0.3 is 0 Å². The lowest BCUT2D eigenvalue weighted by molar-refractivity contribution is 0.0254. The summed E-state index contributed by atoms with van der Waals surface area (Å²) in [6.07, 6.45) is 3.08. The first kappa shape index (κ1) is 25.0. The molecule has 3 aliphatic rings. The first-order valence-electron chi connectivity index (χ1n) is 12.9. The zero-order valence-corrected chi connectivity index (χ0v) is 21.4. The number of carbonyl (C=O) groups is 1. The van der Waals surface area contributed by atoms with E-state index in [0.29, 0.717) is 72.5 Å². The van der Waals surface area contributed by atoms with Crippen LogP contribution < -0.4 is 20.1 Å². The predicted octanol–water partition coefficient (Wildman–Crippen LogP) is 3.09. The number of hydrogen-bond donors (Lipinski definition) is 2. The number of fused-ring (bicyclic) bond motifs is 1. The van der Waals surface area contributed by atoms with Crippen molar-refractivity contribution in [2.24, 2.45) is 11.8 Å². The first-order chi connectivity index (χ1) is 19.1. The molecule has 1 aromatic carbocycles. The Bertz CT molecular complexity index is 1410. The molecule has 6 rings (SSSR count). The van der Waals surface area contributed by atoms with E-state index in [1.165, 1.54) is 13.4 Å². The van der Waals surface area contributed by atoms with Crippen molar-refractivity contribution >= 4 is 17.5 Å². The highest BCUT2D eigenvalue weighted by Crippen LogP contribution is 2.44. The van der Waals surface area contributed by atoms with Crippen molar-refractivity contribution in [1.82, 2.24) is 20.3 Å². The Morgan fingerprint density at radius 3 is 2.64 bits per heavy atom. The van der Waals surface area contributed by atoms with Crippen LogP contribution in [0.2, 0.25) is 0 Å². The van der Waals surface area contributed by atoms with Crippen LogP contribution >= 0.6 is 0 Å². The number of nitrogens with zero attached hydrogens (tertiary/aromatic N) is 4. The van der Waals surface area contributed by atoms with Crippen LogP contribution in [0.4, 0.5) is 11.6 Å². The number of pyridine rings is 1. The second-order valence-electron chi connectivity index (χ2n) is 9.78. The van der Waals surface area contributed by atoms with Crippen molar-refractivity contribution in [2.45, 2.75) is 25.0 Å². The van der Waals surface area contributed by atoms with E-state index in [2.05, 4.69) is 31.7 Å². The highest BCUT2D eigenvalue weighted by atomic mass is 16.5. The summed E-state index contributed by atoms with van der Waals surface area (Å²) in [6, 6.07) is 12.9. The summed E-state index contributed by atoms with van der Waals surface area (Å²) in [5.74, 6) is 2.32. The summed E-state index contributed by atoms with van der Waals surface area (Å²) < 4.78 is 22.2. The molecule has 0 bridgehead atoms. The van der Waals surface area contributed by atoms with Crippen molar-refractivity contribution in [3.05, 3.63) is 53.9 Å². The van der Waals surface area contributed by atoms with Gasteiger partial charge in [-0.1, -0.05) is 0 Å². The van der Waals surface area contributed by atoms with Crippen LogP contribution in [0.25, 0.3) is 11.3 Å². The molecule has 2 unspecified atom stereocenters. The average molecular weight is 529 g/mol. The van der Waals surface area contributed by atoms with E-state index in [9.17, 15) is 10.1 Å². The Kier molecular flexibility index (Phi) is 6.96. The maximum Gasteiger partial charge on any atom is 0.257 e. The minimum Gasteiger partial charge on any atom is -0.489 e. The third-order valence-electron chi connectivity index (χ3n) is 7.33.